The molecule has 6 heteroatoms. The van der Waals surface area contributed by atoms with E-state index in [9.17, 15) is 9.59 Å². The number of thiophene rings is 1. The van der Waals surface area contributed by atoms with Gasteiger partial charge in [0.05, 0.1) is 5.41 Å². The summed E-state index contributed by atoms with van der Waals surface area (Å²) in [4.78, 5) is 22.6. The molecular weight excluding hydrogens is 252 g/mol. The average molecular weight is 268 g/mol. The SMILES string of the molecule is O=C(NCc1ccsc1)NCC1(C(=O)O)CCC1. The summed E-state index contributed by atoms with van der Waals surface area (Å²) in [5.41, 5.74) is 0.312. The largest absolute Gasteiger partial charge is 0.481 e. The molecule has 0 unspecified atom stereocenters. The maximum absolute atomic E-state index is 11.5. The van der Waals surface area contributed by atoms with E-state index in [1.807, 2.05) is 16.8 Å². The minimum absolute atomic E-state index is 0.206. The van der Waals surface area contributed by atoms with Crippen molar-refractivity contribution in [2.24, 2.45) is 5.41 Å². The summed E-state index contributed by atoms with van der Waals surface area (Å²) in [7, 11) is 0. The predicted molar refractivity (Wildman–Crippen MR) is 68.5 cm³/mol. The van der Waals surface area contributed by atoms with Crippen molar-refractivity contribution in [1.82, 2.24) is 10.6 Å². The Labute approximate surface area is 109 Å². The number of carboxylic acid groups (broad SMARTS) is 1. The Kier molecular flexibility index (Phi) is 3.86. The normalized spacial score (nSPS) is 16.7. The lowest BCUT2D eigenvalue weighted by atomic mass is 9.69. The number of amides is 2. The van der Waals surface area contributed by atoms with Gasteiger partial charge >= 0.3 is 12.0 Å². The van der Waals surface area contributed by atoms with E-state index >= 15 is 0 Å². The third kappa shape index (κ3) is 2.81. The predicted octanol–water partition coefficient (Wildman–Crippen LogP) is 1.80. The van der Waals surface area contributed by atoms with Crippen molar-refractivity contribution in [3.8, 4) is 0 Å². The van der Waals surface area contributed by atoms with E-state index in [2.05, 4.69) is 10.6 Å². The Hall–Kier alpha value is -1.56. The summed E-state index contributed by atoms with van der Waals surface area (Å²) in [5, 5.41) is 18.4. The fraction of sp³-hybridized carbons (Fsp3) is 0.500. The Morgan fingerprint density at radius 3 is 2.67 bits per heavy atom. The first-order valence-electron chi connectivity index (χ1n) is 5.89. The molecule has 5 nitrogen and oxygen atoms in total. The van der Waals surface area contributed by atoms with Gasteiger partial charge in [-0.3, -0.25) is 4.79 Å². The van der Waals surface area contributed by atoms with E-state index in [0.29, 0.717) is 19.4 Å². The second kappa shape index (κ2) is 5.39. The quantitative estimate of drug-likeness (QED) is 0.762. The number of carbonyl (C=O) groups excluding carboxylic acids is 1. The monoisotopic (exact) mass is 268 g/mol. The summed E-state index contributed by atoms with van der Waals surface area (Å²) >= 11 is 1.58. The third-order valence-electron chi connectivity index (χ3n) is 3.38. The lowest BCUT2D eigenvalue weighted by Crippen LogP contribution is -2.49. The van der Waals surface area contributed by atoms with Gasteiger partial charge < -0.3 is 15.7 Å². The molecule has 1 fully saturated rings. The molecule has 3 N–H and O–H groups in total. The molecule has 0 spiro atoms. The van der Waals surface area contributed by atoms with Crippen LogP contribution in [0.4, 0.5) is 4.79 Å². The highest BCUT2D eigenvalue weighted by molar-refractivity contribution is 7.07. The summed E-state index contributed by atoms with van der Waals surface area (Å²) in [5.74, 6) is -0.813. The average Bonchev–Trinajstić information content (AvgIpc) is 2.77. The van der Waals surface area contributed by atoms with Gasteiger partial charge in [0, 0.05) is 13.1 Å². The van der Waals surface area contributed by atoms with E-state index in [4.69, 9.17) is 5.11 Å². The Morgan fingerprint density at radius 1 is 1.39 bits per heavy atom. The van der Waals surface area contributed by atoms with Gasteiger partial charge in [-0.05, 0) is 35.2 Å². The fourth-order valence-electron chi connectivity index (χ4n) is 1.96. The lowest BCUT2D eigenvalue weighted by molar-refractivity contribution is -0.153. The first kappa shape index (κ1) is 12.9. The Balaban J connectivity index is 1.73. The van der Waals surface area contributed by atoms with E-state index < -0.39 is 11.4 Å². The molecule has 0 aliphatic heterocycles. The number of aliphatic carboxylic acids is 1. The van der Waals surface area contributed by atoms with Crippen molar-refractivity contribution in [2.75, 3.05) is 6.54 Å². The van der Waals surface area contributed by atoms with Gasteiger partial charge in [0.25, 0.3) is 0 Å². The summed E-state index contributed by atoms with van der Waals surface area (Å²) in [6.45, 7) is 0.674. The maximum Gasteiger partial charge on any atom is 0.315 e. The molecule has 0 saturated heterocycles. The minimum Gasteiger partial charge on any atom is -0.481 e. The van der Waals surface area contributed by atoms with Gasteiger partial charge in [0.2, 0.25) is 0 Å². The highest BCUT2D eigenvalue weighted by Gasteiger charge is 2.44. The first-order chi connectivity index (χ1) is 8.62. The van der Waals surface area contributed by atoms with Gasteiger partial charge in [-0.15, -0.1) is 0 Å². The summed E-state index contributed by atoms with van der Waals surface area (Å²) in [6, 6.07) is 1.63. The molecule has 98 valence electrons. The molecule has 0 bridgehead atoms. The van der Waals surface area contributed by atoms with Gasteiger partial charge in [-0.25, -0.2) is 4.79 Å². The topological polar surface area (TPSA) is 78.4 Å². The fourth-order valence-corrected chi connectivity index (χ4v) is 2.63. The van der Waals surface area contributed by atoms with E-state index in [0.717, 1.165) is 12.0 Å². The van der Waals surface area contributed by atoms with Crippen LogP contribution in [0.15, 0.2) is 16.8 Å². The molecular formula is C12H16N2O3S. The molecule has 2 amide bonds. The maximum atomic E-state index is 11.5. The van der Waals surface area contributed by atoms with Crippen LogP contribution in [0.5, 0.6) is 0 Å². The molecule has 0 radical (unpaired) electrons. The molecule has 2 rings (SSSR count). The number of nitrogens with one attached hydrogen (secondary N) is 2. The standard InChI is InChI=1S/C12H16N2O3S/c15-10(16)12(3-1-4-12)8-14-11(17)13-6-9-2-5-18-7-9/h2,5,7H,1,3-4,6,8H2,(H,15,16)(H2,13,14,17). The molecule has 1 aromatic rings. The van der Waals surface area contributed by atoms with Crippen LogP contribution in [0.2, 0.25) is 0 Å². The molecule has 18 heavy (non-hydrogen) atoms. The van der Waals surface area contributed by atoms with Crippen molar-refractivity contribution in [1.29, 1.82) is 0 Å². The number of urea groups is 1. The van der Waals surface area contributed by atoms with E-state index in [1.54, 1.807) is 11.3 Å². The second-order valence-electron chi connectivity index (χ2n) is 4.61. The van der Waals surface area contributed by atoms with Crippen molar-refractivity contribution in [3.05, 3.63) is 22.4 Å². The molecule has 1 saturated carbocycles. The Morgan fingerprint density at radius 2 is 2.17 bits per heavy atom. The molecule has 0 aromatic carbocycles. The molecule has 1 aliphatic carbocycles. The second-order valence-corrected chi connectivity index (χ2v) is 5.39. The summed E-state index contributed by atoms with van der Waals surface area (Å²) in [6.07, 6.45) is 2.21. The number of hydrogen-bond acceptors (Lipinski definition) is 3. The van der Waals surface area contributed by atoms with Crippen LogP contribution in [-0.4, -0.2) is 23.7 Å². The number of carboxylic acids is 1. The van der Waals surface area contributed by atoms with Gasteiger partial charge in [-0.1, -0.05) is 6.42 Å². The van der Waals surface area contributed by atoms with Crippen LogP contribution in [0.25, 0.3) is 0 Å². The van der Waals surface area contributed by atoms with Gasteiger partial charge in [-0.2, -0.15) is 11.3 Å². The van der Waals surface area contributed by atoms with Crippen molar-refractivity contribution in [3.63, 3.8) is 0 Å². The van der Waals surface area contributed by atoms with Gasteiger partial charge in [0.1, 0.15) is 0 Å². The molecule has 0 atom stereocenters. The van der Waals surface area contributed by atoms with Crippen LogP contribution in [0, 0.1) is 5.41 Å². The third-order valence-corrected chi connectivity index (χ3v) is 4.12. The van der Waals surface area contributed by atoms with Crippen LogP contribution >= 0.6 is 11.3 Å². The van der Waals surface area contributed by atoms with Crippen LogP contribution in [-0.2, 0) is 11.3 Å². The van der Waals surface area contributed by atoms with Gasteiger partial charge in [0.15, 0.2) is 0 Å². The Bertz CT molecular complexity index is 427. The lowest BCUT2D eigenvalue weighted by Gasteiger charge is -2.37. The van der Waals surface area contributed by atoms with Crippen LogP contribution in [0.1, 0.15) is 24.8 Å². The number of carbonyl (C=O) groups is 2. The van der Waals surface area contributed by atoms with E-state index in [-0.39, 0.29) is 12.6 Å². The highest BCUT2D eigenvalue weighted by Crippen LogP contribution is 2.40. The molecule has 1 aromatic heterocycles. The number of rotatable bonds is 5. The summed E-state index contributed by atoms with van der Waals surface area (Å²) < 4.78 is 0. The zero-order chi connectivity index (χ0) is 13.0. The van der Waals surface area contributed by atoms with Crippen molar-refractivity contribution >= 4 is 23.3 Å². The number of hydrogen-bond donors (Lipinski definition) is 3. The molecule has 1 heterocycles. The zero-order valence-electron chi connectivity index (χ0n) is 9.94. The first-order valence-corrected chi connectivity index (χ1v) is 6.83. The smallest absolute Gasteiger partial charge is 0.315 e. The zero-order valence-corrected chi connectivity index (χ0v) is 10.8. The molecule has 1 aliphatic rings. The van der Waals surface area contributed by atoms with Crippen molar-refractivity contribution < 1.29 is 14.7 Å². The van der Waals surface area contributed by atoms with Crippen molar-refractivity contribution in [2.45, 2.75) is 25.8 Å². The minimum atomic E-state index is -0.813. The van der Waals surface area contributed by atoms with Crippen LogP contribution in [0.3, 0.4) is 0 Å². The van der Waals surface area contributed by atoms with Crippen LogP contribution < -0.4 is 10.6 Å². The highest BCUT2D eigenvalue weighted by atomic mass is 32.1. The van der Waals surface area contributed by atoms with E-state index in [1.165, 1.54) is 0 Å².